The molecule has 30 heavy (non-hydrogen) atoms. The normalized spacial score (nSPS) is 47.8. The summed E-state index contributed by atoms with van der Waals surface area (Å²) >= 11 is 0. The fourth-order valence-electron chi connectivity index (χ4n) is 8.64. The number of fused-ring (bicyclic) bond motifs is 5. The summed E-state index contributed by atoms with van der Waals surface area (Å²) in [7, 11) is 0. The minimum absolute atomic E-state index is 0.130. The van der Waals surface area contributed by atoms with Crippen molar-refractivity contribution in [3.05, 3.63) is 11.6 Å². The first-order valence-electron chi connectivity index (χ1n) is 12.8. The molecule has 0 bridgehead atoms. The Hall–Kier alpha value is -0.380. The average molecular weight is 419 g/mol. The van der Waals surface area contributed by atoms with E-state index in [4.69, 9.17) is 0 Å². The SMILES string of the molecule is CC(C)C(O)CC[C@@H](C)[C@H]1CC[C@H]2[C@@H]3CC=C4CC(O)C[C@H](O)[C@]4(C)[C@H]3CC[C@]12C. The molecular formula is C27H46O3. The highest BCUT2D eigenvalue weighted by Crippen LogP contribution is 2.67. The first-order chi connectivity index (χ1) is 14.1. The monoisotopic (exact) mass is 418 g/mol. The third-order valence-corrected chi connectivity index (χ3v) is 10.6. The summed E-state index contributed by atoms with van der Waals surface area (Å²) in [5.74, 6) is 3.79. The van der Waals surface area contributed by atoms with Gasteiger partial charge in [-0.2, -0.15) is 0 Å². The smallest absolute Gasteiger partial charge is 0.0658 e. The predicted octanol–water partition coefficient (Wildman–Crippen LogP) is 5.33. The van der Waals surface area contributed by atoms with E-state index in [9.17, 15) is 15.3 Å². The summed E-state index contributed by atoms with van der Waals surface area (Å²) in [6.07, 6.45) is 11.1. The van der Waals surface area contributed by atoms with Crippen LogP contribution >= 0.6 is 0 Å². The average Bonchev–Trinajstić information content (AvgIpc) is 3.04. The van der Waals surface area contributed by atoms with Gasteiger partial charge in [-0.25, -0.2) is 0 Å². The summed E-state index contributed by atoms with van der Waals surface area (Å²) in [5, 5.41) is 31.6. The van der Waals surface area contributed by atoms with Gasteiger partial charge < -0.3 is 15.3 Å². The summed E-state index contributed by atoms with van der Waals surface area (Å²) in [5.41, 5.74) is 1.61. The first-order valence-corrected chi connectivity index (χ1v) is 12.8. The highest BCUT2D eigenvalue weighted by atomic mass is 16.3. The molecule has 4 aliphatic rings. The van der Waals surface area contributed by atoms with E-state index in [1.165, 1.54) is 31.3 Å². The molecule has 0 aromatic rings. The maximum Gasteiger partial charge on any atom is 0.0658 e. The molecule has 3 heteroatoms. The number of hydrogen-bond acceptors (Lipinski definition) is 3. The van der Waals surface area contributed by atoms with Gasteiger partial charge in [-0.1, -0.05) is 46.3 Å². The lowest BCUT2D eigenvalue weighted by atomic mass is 9.46. The number of rotatable bonds is 5. The second kappa shape index (κ2) is 8.19. The summed E-state index contributed by atoms with van der Waals surface area (Å²) in [6.45, 7) is 11.5. The zero-order valence-electron chi connectivity index (χ0n) is 20.0. The van der Waals surface area contributed by atoms with Crippen molar-refractivity contribution in [1.82, 2.24) is 0 Å². The van der Waals surface area contributed by atoms with Gasteiger partial charge in [-0.15, -0.1) is 0 Å². The Balaban J connectivity index is 1.51. The van der Waals surface area contributed by atoms with E-state index in [-0.39, 0.29) is 17.6 Å². The molecule has 0 amide bonds. The number of aliphatic hydroxyl groups is 3. The Labute approximate surface area is 184 Å². The van der Waals surface area contributed by atoms with Gasteiger partial charge >= 0.3 is 0 Å². The molecule has 10 atom stereocenters. The van der Waals surface area contributed by atoms with Crippen molar-refractivity contribution < 1.29 is 15.3 Å². The van der Waals surface area contributed by atoms with Crippen LogP contribution in [0.4, 0.5) is 0 Å². The van der Waals surface area contributed by atoms with Crippen LogP contribution in [0.25, 0.3) is 0 Å². The van der Waals surface area contributed by atoms with Gasteiger partial charge in [0.25, 0.3) is 0 Å². The van der Waals surface area contributed by atoms with Crippen molar-refractivity contribution in [3.8, 4) is 0 Å². The molecule has 172 valence electrons. The van der Waals surface area contributed by atoms with Crippen molar-refractivity contribution in [2.45, 2.75) is 111 Å². The quantitative estimate of drug-likeness (QED) is 0.529. The largest absolute Gasteiger partial charge is 0.393 e. The zero-order chi connectivity index (χ0) is 21.8. The Morgan fingerprint density at radius 3 is 2.47 bits per heavy atom. The topological polar surface area (TPSA) is 60.7 Å². The molecule has 3 nitrogen and oxygen atoms in total. The highest BCUT2D eigenvalue weighted by molar-refractivity contribution is 5.27. The van der Waals surface area contributed by atoms with Crippen LogP contribution < -0.4 is 0 Å². The molecule has 0 heterocycles. The van der Waals surface area contributed by atoms with E-state index >= 15 is 0 Å². The van der Waals surface area contributed by atoms with E-state index in [1.54, 1.807) is 0 Å². The Bertz CT molecular complexity index is 656. The number of allylic oxidation sites excluding steroid dienone is 1. The zero-order valence-corrected chi connectivity index (χ0v) is 20.0. The van der Waals surface area contributed by atoms with Gasteiger partial charge in [-0.05, 0) is 92.3 Å². The van der Waals surface area contributed by atoms with Crippen LogP contribution in [-0.4, -0.2) is 33.6 Å². The molecule has 3 fully saturated rings. The first kappa shape index (κ1) is 22.8. The molecule has 3 N–H and O–H groups in total. The molecule has 0 spiro atoms. The van der Waals surface area contributed by atoms with Crippen molar-refractivity contribution in [3.63, 3.8) is 0 Å². The summed E-state index contributed by atoms with van der Waals surface area (Å²) in [6, 6.07) is 0. The molecular weight excluding hydrogens is 372 g/mol. The van der Waals surface area contributed by atoms with Crippen LogP contribution in [0.5, 0.6) is 0 Å². The van der Waals surface area contributed by atoms with Crippen molar-refractivity contribution in [2.75, 3.05) is 0 Å². The van der Waals surface area contributed by atoms with Crippen LogP contribution in [0.1, 0.15) is 92.4 Å². The summed E-state index contributed by atoms with van der Waals surface area (Å²) in [4.78, 5) is 0. The maximum absolute atomic E-state index is 11.1. The second-order valence-corrected chi connectivity index (χ2v) is 12.3. The predicted molar refractivity (Wildman–Crippen MR) is 122 cm³/mol. The fourth-order valence-corrected chi connectivity index (χ4v) is 8.64. The lowest BCUT2D eigenvalue weighted by Gasteiger charge is -2.59. The van der Waals surface area contributed by atoms with Crippen molar-refractivity contribution in [1.29, 1.82) is 0 Å². The molecule has 2 unspecified atom stereocenters. The minimum Gasteiger partial charge on any atom is -0.393 e. The van der Waals surface area contributed by atoms with Crippen LogP contribution in [0.3, 0.4) is 0 Å². The number of aliphatic hydroxyl groups excluding tert-OH is 3. The van der Waals surface area contributed by atoms with Crippen LogP contribution in [0, 0.1) is 46.3 Å². The lowest BCUT2D eigenvalue weighted by molar-refractivity contribution is -0.108. The third-order valence-electron chi connectivity index (χ3n) is 10.6. The Morgan fingerprint density at radius 1 is 1.03 bits per heavy atom. The van der Waals surface area contributed by atoms with E-state index in [0.29, 0.717) is 35.5 Å². The molecule has 3 saturated carbocycles. The van der Waals surface area contributed by atoms with E-state index in [2.05, 4.69) is 40.7 Å². The van der Waals surface area contributed by atoms with Gasteiger partial charge in [0.2, 0.25) is 0 Å². The van der Waals surface area contributed by atoms with Crippen LogP contribution in [-0.2, 0) is 0 Å². The molecule has 4 rings (SSSR count). The lowest BCUT2D eigenvalue weighted by Crippen LogP contribution is -2.55. The highest BCUT2D eigenvalue weighted by Gasteiger charge is 2.60. The van der Waals surface area contributed by atoms with Gasteiger partial charge in [-0.3, -0.25) is 0 Å². The van der Waals surface area contributed by atoms with Crippen LogP contribution in [0.15, 0.2) is 11.6 Å². The molecule has 4 aliphatic carbocycles. The number of hydrogen-bond donors (Lipinski definition) is 3. The second-order valence-electron chi connectivity index (χ2n) is 12.3. The van der Waals surface area contributed by atoms with E-state index in [0.717, 1.165) is 37.5 Å². The molecule has 0 radical (unpaired) electrons. The van der Waals surface area contributed by atoms with Crippen LogP contribution in [0.2, 0.25) is 0 Å². The fraction of sp³-hybridized carbons (Fsp3) is 0.926. The Morgan fingerprint density at radius 2 is 1.77 bits per heavy atom. The van der Waals surface area contributed by atoms with Gasteiger partial charge in [0.15, 0.2) is 0 Å². The van der Waals surface area contributed by atoms with E-state index < -0.39 is 6.10 Å². The van der Waals surface area contributed by atoms with E-state index in [1.807, 2.05) is 0 Å². The molecule has 0 saturated heterocycles. The van der Waals surface area contributed by atoms with Crippen molar-refractivity contribution in [2.24, 2.45) is 46.3 Å². The maximum atomic E-state index is 11.1. The molecule has 0 aliphatic heterocycles. The van der Waals surface area contributed by atoms with Crippen molar-refractivity contribution >= 4 is 0 Å². The molecule has 0 aromatic carbocycles. The summed E-state index contributed by atoms with van der Waals surface area (Å²) < 4.78 is 0. The Kier molecular flexibility index (Phi) is 6.23. The standard InChI is InChI=1S/C27H46O3/c1-16(2)24(29)11-6-17(3)21-9-10-22-20-8-7-18-14-19(28)15-25(30)27(18,5)23(20)12-13-26(21,22)4/h7,16-17,19-25,28-30H,6,8-15H2,1-5H3/t17-,19?,20+,21-,22+,23+,24?,25+,26-,27+/m1/s1. The van der Waals surface area contributed by atoms with Gasteiger partial charge in [0.05, 0.1) is 18.3 Å². The minimum atomic E-state index is -0.404. The third kappa shape index (κ3) is 3.52. The molecule has 0 aromatic heterocycles. The van der Waals surface area contributed by atoms with Gasteiger partial charge in [0, 0.05) is 11.8 Å². The van der Waals surface area contributed by atoms with Gasteiger partial charge in [0.1, 0.15) is 0 Å².